The van der Waals surface area contributed by atoms with Crippen molar-refractivity contribution >= 4 is 29.5 Å². The lowest BCUT2D eigenvalue weighted by atomic mass is 10.0. The van der Waals surface area contributed by atoms with E-state index < -0.39 is 7.26 Å². The fraction of sp³-hybridized carbons (Fsp3) is 0.0385. The van der Waals surface area contributed by atoms with Crippen LogP contribution in [0.2, 0.25) is 0 Å². The van der Waals surface area contributed by atoms with Gasteiger partial charge in [-0.05, 0) is 35.9 Å². The fourth-order valence-electron chi connectivity index (χ4n) is 3.82. The van der Waals surface area contributed by atoms with Crippen LogP contribution >= 0.6 is 7.26 Å². The highest BCUT2D eigenvalue weighted by molar-refractivity contribution is 7.95. The highest BCUT2D eigenvalue weighted by Gasteiger charge is 2.42. The van der Waals surface area contributed by atoms with E-state index in [0.717, 1.165) is 23.0 Å². The first kappa shape index (κ1) is 18.3. The van der Waals surface area contributed by atoms with Crippen molar-refractivity contribution in [2.45, 2.75) is 0 Å². The minimum Gasteiger partial charge on any atom is -0.298 e. The SMILES string of the molecule is C[P+](c1ccccc1)(c1ccccc1)c1ccccc1-c1ccccc1C=O. The number of hydrogen-bond donors (Lipinski definition) is 0. The van der Waals surface area contributed by atoms with Crippen LogP contribution in [0.1, 0.15) is 10.4 Å². The molecule has 0 saturated carbocycles. The van der Waals surface area contributed by atoms with Crippen molar-refractivity contribution in [1.82, 2.24) is 0 Å². The Bertz CT molecular complexity index is 1050. The highest BCUT2D eigenvalue weighted by atomic mass is 31.2. The standard InChI is InChI=1S/C26H22OP/c1-28(22-13-4-2-5-14-22,23-15-6-3-7-16-23)26-19-11-10-18-25(26)24-17-9-8-12-21(24)20-27/h2-20H,1H3/q+1. The van der Waals surface area contributed by atoms with Crippen LogP contribution in [-0.2, 0) is 0 Å². The first-order valence-corrected chi connectivity index (χ1v) is 11.6. The maximum Gasteiger partial charge on any atom is 0.150 e. The molecule has 0 radical (unpaired) electrons. The predicted octanol–water partition coefficient (Wildman–Crippen LogP) is 5.09. The summed E-state index contributed by atoms with van der Waals surface area (Å²) in [5, 5.41) is 3.95. The minimum absolute atomic E-state index is 0.725. The first-order chi connectivity index (χ1) is 13.7. The lowest BCUT2D eigenvalue weighted by Gasteiger charge is -2.25. The second-order valence-corrected chi connectivity index (χ2v) is 10.4. The minimum atomic E-state index is -1.88. The van der Waals surface area contributed by atoms with E-state index in [1.165, 1.54) is 15.9 Å². The van der Waals surface area contributed by atoms with Crippen LogP contribution in [-0.4, -0.2) is 13.0 Å². The van der Waals surface area contributed by atoms with E-state index in [1.807, 2.05) is 24.3 Å². The maximum atomic E-state index is 11.7. The summed E-state index contributed by atoms with van der Waals surface area (Å²) in [5.74, 6) is 0. The molecule has 0 bridgehead atoms. The molecule has 0 aromatic heterocycles. The first-order valence-electron chi connectivity index (χ1n) is 9.37. The summed E-state index contributed by atoms with van der Waals surface area (Å²) in [7, 11) is -1.88. The Balaban J connectivity index is 2.04. The summed E-state index contributed by atoms with van der Waals surface area (Å²) in [6, 6.07) is 37.8. The summed E-state index contributed by atoms with van der Waals surface area (Å²) in [5.41, 5.74) is 2.85. The molecule has 4 aromatic carbocycles. The summed E-state index contributed by atoms with van der Waals surface area (Å²) in [4.78, 5) is 11.7. The molecular formula is C26H22OP+. The predicted molar refractivity (Wildman–Crippen MR) is 122 cm³/mol. The molecule has 2 heteroatoms. The third-order valence-electron chi connectivity index (χ3n) is 5.31. The van der Waals surface area contributed by atoms with Gasteiger partial charge in [0.05, 0.1) is 6.66 Å². The Morgan fingerprint density at radius 2 is 1.04 bits per heavy atom. The molecule has 0 aliphatic rings. The quantitative estimate of drug-likeness (QED) is 0.348. The van der Waals surface area contributed by atoms with Gasteiger partial charge in [0.1, 0.15) is 23.2 Å². The molecule has 0 amide bonds. The van der Waals surface area contributed by atoms with Crippen LogP contribution in [0.15, 0.2) is 109 Å². The van der Waals surface area contributed by atoms with Crippen molar-refractivity contribution in [3.05, 3.63) is 115 Å². The van der Waals surface area contributed by atoms with Crippen molar-refractivity contribution in [2.24, 2.45) is 0 Å². The molecule has 1 nitrogen and oxygen atoms in total. The number of rotatable bonds is 5. The fourth-order valence-corrected chi connectivity index (χ4v) is 7.27. The molecule has 28 heavy (non-hydrogen) atoms. The molecule has 0 unspecified atom stereocenters. The molecule has 4 aromatic rings. The second-order valence-electron chi connectivity index (χ2n) is 6.90. The Kier molecular flexibility index (Phi) is 5.19. The van der Waals surface area contributed by atoms with Crippen molar-refractivity contribution in [3.63, 3.8) is 0 Å². The summed E-state index contributed by atoms with van der Waals surface area (Å²) < 4.78 is 0. The van der Waals surface area contributed by atoms with Gasteiger partial charge < -0.3 is 0 Å². The van der Waals surface area contributed by atoms with Gasteiger partial charge in [-0.1, -0.05) is 78.9 Å². The van der Waals surface area contributed by atoms with E-state index in [9.17, 15) is 4.79 Å². The molecule has 136 valence electrons. The number of benzene rings is 4. The Labute approximate surface area is 167 Å². The van der Waals surface area contributed by atoms with Gasteiger partial charge in [0.15, 0.2) is 6.29 Å². The van der Waals surface area contributed by atoms with Crippen molar-refractivity contribution in [3.8, 4) is 11.1 Å². The number of carbonyl (C=O) groups excluding carboxylic acids is 1. The van der Waals surface area contributed by atoms with E-state index in [-0.39, 0.29) is 0 Å². The van der Waals surface area contributed by atoms with E-state index in [0.29, 0.717) is 0 Å². The average Bonchev–Trinajstić information content (AvgIpc) is 2.79. The lowest BCUT2D eigenvalue weighted by Crippen LogP contribution is -2.31. The highest BCUT2D eigenvalue weighted by Crippen LogP contribution is 2.53. The number of aldehydes is 1. The van der Waals surface area contributed by atoms with Crippen LogP contribution in [0, 0.1) is 0 Å². The second kappa shape index (κ2) is 7.92. The molecule has 0 fully saturated rings. The van der Waals surface area contributed by atoms with Gasteiger partial charge in [-0.15, -0.1) is 0 Å². The van der Waals surface area contributed by atoms with Crippen LogP contribution in [0.5, 0.6) is 0 Å². The molecule has 0 heterocycles. The van der Waals surface area contributed by atoms with Gasteiger partial charge in [-0.2, -0.15) is 0 Å². The molecule has 0 spiro atoms. The Hall–Kier alpha value is -3.02. The van der Waals surface area contributed by atoms with E-state index in [2.05, 4.69) is 91.6 Å². The van der Waals surface area contributed by atoms with Crippen LogP contribution in [0.25, 0.3) is 11.1 Å². The normalized spacial score (nSPS) is 11.2. The van der Waals surface area contributed by atoms with Gasteiger partial charge in [-0.3, -0.25) is 4.79 Å². The Morgan fingerprint density at radius 3 is 1.61 bits per heavy atom. The van der Waals surface area contributed by atoms with Crippen molar-refractivity contribution < 1.29 is 4.79 Å². The molecule has 0 aliphatic heterocycles. The van der Waals surface area contributed by atoms with Crippen molar-refractivity contribution in [1.29, 1.82) is 0 Å². The average molecular weight is 381 g/mol. The summed E-state index contributed by atoms with van der Waals surface area (Å²) >= 11 is 0. The van der Waals surface area contributed by atoms with Crippen LogP contribution < -0.4 is 15.9 Å². The molecule has 0 saturated heterocycles. The smallest absolute Gasteiger partial charge is 0.150 e. The molecular weight excluding hydrogens is 359 g/mol. The van der Waals surface area contributed by atoms with E-state index in [4.69, 9.17) is 0 Å². The van der Waals surface area contributed by atoms with E-state index >= 15 is 0 Å². The van der Waals surface area contributed by atoms with Crippen LogP contribution in [0.3, 0.4) is 0 Å². The van der Waals surface area contributed by atoms with E-state index in [1.54, 1.807) is 0 Å². The van der Waals surface area contributed by atoms with Gasteiger partial charge in [0.25, 0.3) is 0 Å². The largest absolute Gasteiger partial charge is 0.298 e. The zero-order valence-electron chi connectivity index (χ0n) is 15.8. The Morgan fingerprint density at radius 1 is 0.571 bits per heavy atom. The monoisotopic (exact) mass is 381 g/mol. The maximum absolute atomic E-state index is 11.7. The zero-order chi connectivity index (χ0) is 19.4. The third-order valence-corrected chi connectivity index (χ3v) is 9.32. The van der Waals surface area contributed by atoms with Crippen molar-refractivity contribution in [2.75, 3.05) is 6.66 Å². The molecule has 0 N–H and O–H groups in total. The third kappa shape index (κ3) is 3.19. The number of carbonyl (C=O) groups is 1. The van der Waals surface area contributed by atoms with Crippen LogP contribution in [0.4, 0.5) is 0 Å². The topological polar surface area (TPSA) is 17.1 Å². The zero-order valence-corrected chi connectivity index (χ0v) is 16.7. The van der Waals surface area contributed by atoms with Gasteiger partial charge in [0.2, 0.25) is 0 Å². The molecule has 4 rings (SSSR count). The van der Waals surface area contributed by atoms with Gasteiger partial charge in [0, 0.05) is 11.1 Å². The number of hydrogen-bond acceptors (Lipinski definition) is 1. The van der Waals surface area contributed by atoms with Gasteiger partial charge in [-0.25, -0.2) is 0 Å². The molecule has 0 atom stereocenters. The summed E-state index contributed by atoms with van der Waals surface area (Å²) in [6.45, 7) is 2.38. The molecule has 0 aliphatic carbocycles. The lowest BCUT2D eigenvalue weighted by molar-refractivity contribution is 0.112. The summed E-state index contributed by atoms with van der Waals surface area (Å²) in [6.07, 6.45) is 0.951. The van der Waals surface area contributed by atoms with Gasteiger partial charge >= 0.3 is 0 Å².